The molecule has 0 unspecified atom stereocenters. The number of nitrogens with one attached hydrogen (secondary N) is 2. The summed E-state index contributed by atoms with van der Waals surface area (Å²) in [5.41, 5.74) is 0. The number of aryl methyl sites for hydroxylation is 1. The van der Waals surface area contributed by atoms with E-state index in [-0.39, 0.29) is 18.4 Å². The van der Waals surface area contributed by atoms with E-state index < -0.39 is 0 Å². The van der Waals surface area contributed by atoms with Crippen molar-refractivity contribution < 1.29 is 9.59 Å². The number of amides is 2. The van der Waals surface area contributed by atoms with Crippen molar-refractivity contribution in [2.75, 3.05) is 6.54 Å². The highest BCUT2D eigenvalue weighted by Crippen LogP contribution is 2.14. The molecule has 8 heteroatoms. The Bertz CT molecular complexity index is 680. The summed E-state index contributed by atoms with van der Waals surface area (Å²) in [5, 5.41) is 15.6. The molecule has 3 heterocycles. The zero-order chi connectivity index (χ0) is 16.1. The first-order chi connectivity index (χ1) is 11.2. The minimum absolute atomic E-state index is 0.0439. The molecule has 0 radical (unpaired) electrons. The van der Waals surface area contributed by atoms with Crippen molar-refractivity contribution in [1.82, 2.24) is 25.4 Å². The van der Waals surface area contributed by atoms with Crippen LogP contribution in [0.2, 0.25) is 0 Å². The van der Waals surface area contributed by atoms with E-state index >= 15 is 0 Å². The molecule has 0 bridgehead atoms. The lowest BCUT2D eigenvalue weighted by molar-refractivity contribution is -0.120. The number of carbonyl (C=O) groups is 2. The van der Waals surface area contributed by atoms with Gasteiger partial charge in [0.05, 0.1) is 18.0 Å². The highest BCUT2D eigenvalue weighted by atomic mass is 32.1. The number of carbonyl (C=O) groups excluding carboxylic acids is 2. The zero-order valence-electron chi connectivity index (χ0n) is 12.7. The summed E-state index contributed by atoms with van der Waals surface area (Å²) in [6, 6.07) is 3.53. The Morgan fingerprint density at radius 3 is 2.96 bits per heavy atom. The molecular formula is C15H19N5O2S. The smallest absolute Gasteiger partial charge is 0.261 e. The second-order valence-electron chi connectivity index (χ2n) is 5.43. The largest absolute Gasteiger partial charge is 0.347 e. The van der Waals surface area contributed by atoms with Crippen LogP contribution in [0.3, 0.4) is 0 Å². The molecule has 2 aromatic heterocycles. The number of aromatic nitrogens is 3. The standard InChI is InChI=1S/C15H19N5O2S/c21-14(10-17-15(22)11-5-4-8-23-11)16-9-13-19-18-12-6-2-1-3-7-20(12)13/h4-5,8H,1-3,6-7,9-10H2,(H,16,21)(H,17,22). The van der Waals surface area contributed by atoms with Crippen molar-refractivity contribution in [2.45, 2.75) is 38.8 Å². The molecule has 3 rings (SSSR count). The highest BCUT2D eigenvalue weighted by Gasteiger charge is 2.15. The van der Waals surface area contributed by atoms with Crippen molar-refractivity contribution in [3.05, 3.63) is 34.0 Å². The quantitative estimate of drug-likeness (QED) is 0.858. The van der Waals surface area contributed by atoms with E-state index in [4.69, 9.17) is 0 Å². The first-order valence-corrected chi connectivity index (χ1v) is 8.61. The first-order valence-electron chi connectivity index (χ1n) is 7.73. The topological polar surface area (TPSA) is 88.9 Å². The van der Waals surface area contributed by atoms with Gasteiger partial charge in [0.1, 0.15) is 5.82 Å². The number of thiophene rings is 1. The molecule has 2 N–H and O–H groups in total. The average Bonchev–Trinajstić information content (AvgIpc) is 3.16. The van der Waals surface area contributed by atoms with Crippen molar-refractivity contribution >= 4 is 23.2 Å². The molecule has 0 fully saturated rings. The van der Waals surface area contributed by atoms with Gasteiger partial charge < -0.3 is 15.2 Å². The second-order valence-corrected chi connectivity index (χ2v) is 6.38. The minimum Gasteiger partial charge on any atom is -0.347 e. The number of fused-ring (bicyclic) bond motifs is 1. The van der Waals surface area contributed by atoms with E-state index in [1.165, 1.54) is 17.8 Å². The van der Waals surface area contributed by atoms with Gasteiger partial charge in [-0.15, -0.1) is 21.5 Å². The Hall–Kier alpha value is -2.22. The van der Waals surface area contributed by atoms with Gasteiger partial charge in [-0.05, 0) is 24.3 Å². The summed E-state index contributed by atoms with van der Waals surface area (Å²) in [6.07, 6.45) is 4.39. The molecular weight excluding hydrogens is 314 g/mol. The van der Waals surface area contributed by atoms with Crippen LogP contribution in [0.25, 0.3) is 0 Å². The fourth-order valence-electron chi connectivity index (χ4n) is 2.57. The van der Waals surface area contributed by atoms with Gasteiger partial charge in [0, 0.05) is 13.0 Å². The van der Waals surface area contributed by atoms with E-state index in [2.05, 4.69) is 25.4 Å². The molecule has 2 amide bonds. The Balaban J connectivity index is 1.48. The summed E-state index contributed by atoms with van der Waals surface area (Å²) in [5.74, 6) is 1.31. The maximum absolute atomic E-state index is 11.9. The molecule has 7 nitrogen and oxygen atoms in total. The third kappa shape index (κ3) is 3.95. The number of nitrogens with zero attached hydrogens (tertiary/aromatic N) is 3. The Morgan fingerprint density at radius 2 is 2.13 bits per heavy atom. The maximum atomic E-state index is 11.9. The van der Waals surface area contributed by atoms with Gasteiger partial charge in [-0.3, -0.25) is 9.59 Å². The fraction of sp³-hybridized carbons (Fsp3) is 0.467. The minimum atomic E-state index is -0.235. The van der Waals surface area contributed by atoms with Gasteiger partial charge >= 0.3 is 0 Å². The monoisotopic (exact) mass is 333 g/mol. The summed E-state index contributed by atoms with van der Waals surface area (Å²) in [6.45, 7) is 1.20. The lowest BCUT2D eigenvalue weighted by Crippen LogP contribution is -2.36. The number of hydrogen-bond donors (Lipinski definition) is 2. The lowest BCUT2D eigenvalue weighted by atomic mass is 10.2. The van der Waals surface area contributed by atoms with Crippen LogP contribution in [0.15, 0.2) is 17.5 Å². The lowest BCUT2D eigenvalue weighted by Gasteiger charge is -2.08. The highest BCUT2D eigenvalue weighted by molar-refractivity contribution is 7.12. The zero-order valence-corrected chi connectivity index (χ0v) is 13.6. The van der Waals surface area contributed by atoms with Crippen LogP contribution in [0.1, 0.15) is 40.6 Å². The third-order valence-electron chi connectivity index (χ3n) is 3.78. The second kappa shape index (κ2) is 7.36. The van der Waals surface area contributed by atoms with Crippen LogP contribution >= 0.6 is 11.3 Å². The van der Waals surface area contributed by atoms with Gasteiger partial charge in [0.25, 0.3) is 5.91 Å². The van der Waals surface area contributed by atoms with Crippen molar-refractivity contribution in [3.63, 3.8) is 0 Å². The van der Waals surface area contributed by atoms with Gasteiger partial charge in [-0.2, -0.15) is 0 Å². The van der Waals surface area contributed by atoms with E-state index in [0.29, 0.717) is 11.4 Å². The van der Waals surface area contributed by atoms with Crippen LogP contribution < -0.4 is 10.6 Å². The van der Waals surface area contributed by atoms with Gasteiger partial charge in [-0.25, -0.2) is 0 Å². The molecule has 0 saturated carbocycles. The van der Waals surface area contributed by atoms with Crippen molar-refractivity contribution in [2.24, 2.45) is 0 Å². The normalized spacial score (nSPS) is 13.9. The predicted octanol–water partition coefficient (Wildman–Crippen LogP) is 1.11. The first kappa shape index (κ1) is 15.7. The molecule has 2 aromatic rings. The maximum Gasteiger partial charge on any atom is 0.261 e. The SMILES string of the molecule is O=C(CNC(=O)c1cccs1)NCc1nnc2n1CCCCC2. The van der Waals surface area contributed by atoms with Crippen LogP contribution in [-0.4, -0.2) is 33.1 Å². The molecule has 0 spiro atoms. The molecule has 0 saturated heterocycles. The van der Waals surface area contributed by atoms with Gasteiger partial charge in [0.15, 0.2) is 5.82 Å². The molecule has 122 valence electrons. The molecule has 23 heavy (non-hydrogen) atoms. The van der Waals surface area contributed by atoms with Crippen LogP contribution in [-0.2, 0) is 24.3 Å². The van der Waals surface area contributed by atoms with E-state index in [1.807, 2.05) is 5.38 Å². The Kier molecular flexibility index (Phi) is 5.02. The summed E-state index contributed by atoms with van der Waals surface area (Å²) < 4.78 is 2.09. The molecule has 1 aliphatic rings. The molecule has 0 aliphatic carbocycles. The van der Waals surface area contributed by atoms with Gasteiger partial charge in [-0.1, -0.05) is 12.5 Å². The number of rotatable bonds is 5. The molecule has 0 atom stereocenters. The van der Waals surface area contributed by atoms with Gasteiger partial charge in [0.2, 0.25) is 5.91 Å². The van der Waals surface area contributed by atoms with Crippen molar-refractivity contribution in [1.29, 1.82) is 0 Å². The van der Waals surface area contributed by atoms with E-state index in [0.717, 1.165) is 37.5 Å². The van der Waals surface area contributed by atoms with Crippen molar-refractivity contribution in [3.8, 4) is 0 Å². The molecule has 1 aliphatic heterocycles. The number of hydrogen-bond acceptors (Lipinski definition) is 5. The Morgan fingerprint density at radius 1 is 1.22 bits per heavy atom. The summed E-state index contributed by atoms with van der Waals surface area (Å²) in [7, 11) is 0. The van der Waals surface area contributed by atoms with Crippen LogP contribution in [0.5, 0.6) is 0 Å². The Labute approximate surface area is 138 Å². The van der Waals surface area contributed by atoms with E-state index in [9.17, 15) is 9.59 Å². The molecule has 0 aromatic carbocycles. The summed E-state index contributed by atoms with van der Waals surface area (Å²) in [4.78, 5) is 24.2. The van der Waals surface area contributed by atoms with Crippen LogP contribution in [0.4, 0.5) is 0 Å². The predicted molar refractivity (Wildman–Crippen MR) is 86.1 cm³/mol. The third-order valence-corrected chi connectivity index (χ3v) is 4.65. The van der Waals surface area contributed by atoms with Crippen LogP contribution in [0, 0.1) is 0 Å². The fourth-order valence-corrected chi connectivity index (χ4v) is 3.21. The summed E-state index contributed by atoms with van der Waals surface area (Å²) >= 11 is 1.35. The average molecular weight is 333 g/mol. The van der Waals surface area contributed by atoms with E-state index in [1.54, 1.807) is 12.1 Å².